The number of rotatable bonds is 5. The van der Waals surface area contributed by atoms with Crippen LogP contribution in [0.5, 0.6) is 0 Å². The van der Waals surface area contributed by atoms with Gasteiger partial charge in [-0.1, -0.05) is 91.0 Å². The van der Waals surface area contributed by atoms with Crippen LogP contribution >= 0.6 is 0 Å². The van der Waals surface area contributed by atoms with Crippen LogP contribution in [-0.2, 0) is 6.18 Å². The highest BCUT2D eigenvalue weighted by Crippen LogP contribution is 2.40. The van der Waals surface area contributed by atoms with Gasteiger partial charge in [-0.25, -0.2) is 15.0 Å². The van der Waals surface area contributed by atoms with Gasteiger partial charge in [-0.15, -0.1) is 0 Å². The summed E-state index contributed by atoms with van der Waals surface area (Å²) in [6.45, 7) is 0. The van der Waals surface area contributed by atoms with E-state index in [0.717, 1.165) is 39.2 Å². The Bertz CT molecular complexity index is 2330. The zero-order chi connectivity index (χ0) is 32.0. The topological polar surface area (TPSA) is 56.5 Å². The van der Waals surface area contributed by atoms with E-state index in [1.165, 1.54) is 6.07 Å². The summed E-state index contributed by atoms with van der Waals surface area (Å²) in [5.41, 5.74) is 5.14. The number of fused-ring (bicyclic) bond motifs is 3. The Morgan fingerprint density at radius 1 is 0.468 bits per heavy atom. The van der Waals surface area contributed by atoms with Gasteiger partial charge < -0.3 is 4.57 Å². The van der Waals surface area contributed by atoms with Crippen molar-refractivity contribution in [3.05, 3.63) is 151 Å². The van der Waals surface area contributed by atoms with Gasteiger partial charge in [0.2, 0.25) is 0 Å². The van der Waals surface area contributed by atoms with E-state index in [-0.39, 0.29) is 0 Å². The molecule has 0 aliphatic carbocycles. The Hall–Kier alpha value is -6.15. The lowest BCUT2D eigenvalue weighted by Crippen LogP contribution is -2.06. The molecule has 0 amide bonds. The number of hydrogen-bond donors (Lipinski definition) is 0. The molecular weight excluding hydrogens is 595 g/mol. The quantitative estimate of drug-likeness (QED) is 0.192. The molecule has 0 atom stereocenters. The van der Waals surface area contributed by atoms with E-state index in [1.54, 1.807) is 18.5 Å². The molecule has 0 spiro atoms. The Kier molecular flexibility index (Phi) is 6.83. The van der Waals surface area contributed by atoms with Crippen LogP contribution in [0.3, 0.4) is 0 Å². The van der Waals surface area contributed by atoms with Crippen molar-refractivity contribution in [1.82, 2.24) is 24.5 Å². The van der Waals surface area contributed by atoms with E-state index in [4.69, 9.17) is 15.0 Å². The summed E-state index contributed by atoms with van der Waals surface area (Å²) in [6.07, 6.45) is -1.09. The van der Waals surface area contributed by atoms with Crippen molar-refractivity contribution in [2.45, 2.75) is 6.18 Å². The van der Waals surface area contributed by atoms with Crippen LogP contribution in [0, 0.1) is 0 Å². The van der Waals surface area contributed by atoms with E-state index in [0.29, 0.717) is 39.6 Å². The van der Waals surface area contributed by atoms with E-state index >= 15 is 0 Å². The zero-order valence-corrected chi connectivity index (χ0v) is 24.7. The first kappa shape index (κ1) is 28.3. The molecule has 0 saturated heterocycles. The standard InChI is InChI=1S/C39H24F3N5/c40-39(41,42)29-16-18-31-30-13-7-8-14-33(30)47(35(31)24-29)34-23-28(25-19-21-43-22-20-25)15-17-32(34)38-45-36(26-9-3-1-4-10-26)44-37(46-38)27-11-5-2-6-12-27/h1-24H. The summed E-state index contributed by atoms with van der Waals surface area (Å²) >= 11 is 0. The summed E-state index contributed by atoms with van der Waals surface area (Å²) in [5.74, 6) is 1.37. The molecule has 3 aromatic heterocycles. The van der Waals surface area contributed by atoms with Crippen molar-refractivity contribution in [1.29, 1.82) is 0 Å². The van der Waals surface area contributed by atoms with Crippen molar-refractivity contribution >= 4 is 21.8 Å². The first-order chi connectivity index (χ1) is 22.9. The van der Waals surface area contributed by atoms with Gasteiger partial charge in [-0.05, 0) is 53.6 Å². The third-order valence-electron chi connectivity index (χ3n) is 8.19. The van der Waals surface area contributed by atoms with E-state index < -0.39 is 11.7 Å². The Balaban J connectivity index is 1.47. The van der Waals surface area contributed by atoms with Crippen molar-refractivity contribution < 1.29 is 13.2 Å². The SMILES string of the molecule is FC(F)(F)c1ccc2c3ccccc3n(-c3cc(-c4ccncc4)ccc3-c3nc(-c4ccccc4)nc(-c4ccccc4)n3)c2c1. The number of aromatic nitrogens is 5. The van der Waals surface area contributed by atoms with Gasteiger partial charge in [0.1, 0.15) is 0 Å². The molecule has 3 heterocycles. The van der Waals surface area contributed by atoms with Gasteiger partial charge in [-0.3, -0.25) is 4.98 Å². The van der Waals surface area contributed by atoms with Gasteiger partial charge in [-0.2, -0.15) is 13.2 Å². The van der Waals surface area contributed by atoms with E-state index in [2.05, 4.69) is 4.98 Å². The molecule has 0 bridgehead atoms. The van der Waals surface area contributed by atoms with Gasteiger partial charge in [0, 0.05) is 39.9 Å². The number of nitrogens with zero attached hydrogens (tertiary/aromatic N) is 5. The molecule has 5 aromatic carbocycles. The van der Waals surface area contributed by atoms with Crippen LogP contribution in [0.15, 0.2) is 146 Å². The largest absolute Gasteiger partial charge is 0.416 e. The normalized spacial score (nSPS) is 11.7. The fraction of sp³-hybridized carbons (Fsp3) is 0.0256. The molecule has 0 radical (unpaired) electrons. The third kappa shape index (κ3) is 5.19. The lowest BCUT2D eigenvalue weighted by atomic mass is 10.0. The maximum atomic E-state index is 14.1. The van der Waals surface area contributed by atoms with Crippen LogP contribution in [0.25, 0.3) is 72.8 Å². The first-order valence-electron chi connectivity index (χ1n) is 15.0. The summed E-state index contributed by atoms with van der Waals surface area (Å²) in [5, 5.41) is 1.54. The summed E-state index contributed by atoms with van der Waals surface area (Å²) in [6, 6.07) is 40.5. The number of alkyl halides is 3. The fourth-order valence-electron chi connectivity index (χ4n) is 5.97. The van der Waals surface area contributed by atoms with Crippen molar-refractivity contribution in [3.63, 3.8) is 0 Å². The zero-order valence-electron chi connectivity index (χ0n) is 24.7. The van der Waals surface area contributed by atoms with Crippen molar-refractivity contribution in [3.8, 4) is 51.0 Å². The molecule has 47 heavy (non-hydrogen) atoms. The van der Waals surface area contributed by atoms with Gasteiger partial charge in [0.15, 0.2) is 17.5 Å². The molecule has 0 saturated carbocycles. The second kappa shape index (κ2) is 11.3. The molecule has 0 unspecified atom stereocenters. The van der Waals surface area contributed by atoms with E-state index in [1.807, 2.05) is 120 Å². The molecule has 0 fully saturated rings. The average Bonchev–Trinajstić information content (AvgIpc) is 3.45. The smallest absolute Gasteiger partial charge is 0.308 e. The molecule has 226 valence electrons. The minimum atomic E-state index is -4.51. The summed E-state index contributed by atoms with van der Waals surface area (Å²) < 4.78 is 44.2. The second-order valence-electron chi connectivity index (χ2n) is 11.1. The number of benzene rings is 5. The van der Waals surface area contributed by atoms with E-state index in [9.17, 15) is 13.2 Å². The van der Waals surface area contributed by atoms with Crippen molar-refractivity contribution in [2.75, 3.05) is 0 Å². The molecule has 0 aliphatic heterocycles. The van der Waals surface area contributed by atoms with Crippen LogP contribution in [0.1, 0.15) is 5.56 Å². The average molecular weight is 620 g/mol. The summed E-state index contributed by atoms with van der Waals surface area (Å²) in [7, 11) is 0. The minimum Gasteiger partial charge on any atom is -0.308 e. The van der Waals surface area contributed by atoms with Crippen LogP contribution in [0.2, 0.25) is 0 Å². The number of halogens is 3. The van der Waals surface area contributed by atoms with Crippen LogP contribution in [-0.4, -0.2) is 24.5 Å². The highest BCUT2D eigenvalue weighted by Gasteiger charge is 2.31. The van der Waals surface area contributed by atoms with Crippen molar-refractivity contribution in [2.24, 2.45) is 0 Å². The first-order valence-corrected chi connectivity index (χ1v) is 15.0. The molecule has 8 aromatic rings. The molecule has 0 N–H and O–H groups in total. The Morgan fingerprint density at radius 2 is 1.06 bits per heavy atom. The van der Waals surface area contributed by atoms with Gasteiger partial charge in [0.25, 0.3) is 0 Å². The second-order valence-corrected chi connectivity index (χ2v) is 11.1. The lowest BCUT2D eigenvalue weighted by molar-refractivity contribution is -0.137. The number of para-hydroxylation sites is 1. The number of pyridine rings is 1. The summed E-state index contributed by atoms with van der Waals surface area (Å²) in [4.78, 5) is 18.9. The molecule has 8 heteroatoms. The highest BCUT2D eigenvalue weighted by molar-refractivity contribution is 6.10. The molecule has 5 nitrogen and oxygen atoms in total. The van der Waals surface area contributed by atoms with Gasteiger partial charge in [0.05, 0.1) is 22.3 Å². The number of hydrogen-bond acceptors (Lipinski definition) is 4. The highest BCUT2D eigenvalue weighted by atomic mass is 19.4. The predicted octanol–water partition coefficient (Wildman–Crippen LogP) is 10.1. The molecule has 8 rings (SSSR count). The predicted molar refractivity (Wildman–Crippen MR) is 179 cm³/mol. The maximum absolute atomic E-state index is 14.1. The Labute approximate surface area is 267 Å². The maximum Gasteiger partial charge on any atom is 0.416 e. The van der Waals surface area contributed by atoms with Crippen LogP contribution < -0.4 is 0 Å². The van der Waals surface area contributed by atoms with Crippen LogP contribution in [0.4, 0.5) is 13.2 Å². The monoisotopic (exact) mass is 619 g/mol. The molecular formula is C39H24F3N5. The Morgan fingerprint density at radius 3 is 1.72 bits per heavy atom. The van der Waals surface area contributed by atoms with Gasteiger partial charge >= 0.3 is 6.18 Å². The lowest BCUT2D eigenvalue weighted by Gasteiger charge is -2.17. The minimum absolute atomic E-state index is 0.395. The third-order valence-corrected chi connectivity index (χ3v) is 8.19. The fourth-order valence-corrected chi connectivity index (χ4v) is 5.97. The molecule has 0 aliphatic rings.